The Bertz CT molecular complexity index is 693. The van der Waals surface area contributed by atoms with Crippen LogP contribution < -0.4 is 11.1 Å². The summed E-state index contributed by atoms with van der Waals surface area (Å²) >= 11 is 1.45. The number of anilines is 1. The number of hydrogen-bond acceptors (Lipinski definition) is 4. The van der Waals surface area contributed by atoms with Gasteiger partial charge in [0.05, 0.1) is 16.7 Å². The van der Waals surface area contributed by atoms with Gasteiger partial charge >= 0.3 is 0 Å². The number of nitrogens with zero attached hydrogens (tertiary/aromatic N) is 1. The molecular weight excluding hydrogens is 282 g/mol. The normalized spacial score (nSPS) is 17.3. The highest BCUT2D eigenvalue weighted by molar-refractivity contribution is 7.13. The summed E-state index contributed by atoms with van der Waals surface area (Å²) in [5.41, 5.74) is 9.89. The number of fused-ring (bicyclic) bond motifs is 1. The highest BCUT2D eigenvalue weighted by Gasteiger charge is 2.24. The average Bonchev–Trinajstić information content (AvgIpc) is 2.77. The van der Waals surface area contributed by atoms with Crippen molar-refractivity contribution in [2.24, 2.45) is 0 Å². The average molecular weight is 301 g/mol. The molecule has 4 nitrogen and oxygen atoms in total. The number of carbonyl (C=O) groups is 1. The van der Waals surface area contributed by atoms with Gasteiger partial charge in [-0.1, -0.05) is 6.07 Å². The summed E-state index contributed by atoms with van der Waals surface area (Å²) in [6.45, 7) is 3.81. The summed E-state index contributed by atoms with van der Waals surface area (Å²) in [4.78, 5) is 17.5. The molecule has 1 aliphatic rings. The summed E-state index contributed by atoms with van der Waals surface area (Å²) in [6, 6.07) is 6.05. The lowest BCUT2D eigenvalue weighted by Crippen LogP contribution is -2.30. The van der Waals surface area contributed by atoms with Gasteiger partial charge in [0.15, 0.2) is 0 Å². The molecule has 21 heavy (non-hydrogen) atoms. The van der Waals surface area contributed by atoms with Crippen molar-refractivity contribution >= 4 is 22.9 Å². The van der Waals surface area contributed by atoms with Crippen LogP contribution in [0.4, 0.5) is 5.69 Å². The Labute approximate surface area is 128 Å². The number of aryl methyl sites for hydroxylation is 3. The van der Waals surface area contributed by atoms with Gasteiger partial charge in [-0.2, -0.15) is 0 Å². The van der Waals surface area contributed by atoms with Crippen LogP contribution in [0.1, 0.15) is 50.4 Å². The molecule has 1 amide bonds. The van der Waals surface area contributed by atoms with E-state index in [1.807, 2.05) is 32.0 Å². The Hall–Kier alpha value is -1.88. The highest BCUT2D eigenvalue weighted by atomic mass is 32.1. The quantitative estimate of drug-likeness (QED) is 0.837. The molecule has 0 fully saturated rings. The Morgan fingerprint density at radius 2 is 2.24 bits per heavy atom. The zero-order valence-electron chi connectivity index (χ0n) is 12.3. The van der Waals surface area contributed by atoms with Crippen LogP contribution >= 0.6 is 11.3 Å². The number of thiazole rings is 1. The van der Waals surface area contributed by atoms with Crippen LogP contribution in [0.2, 0.25) is 0 Å². The largest absolute Gasteiger partial charge is 0.399 e. The van der Waals surface area contributed by atoms with Crippen molar-refractivity contribution < 1.29 is 4.79 Å². The monoisotopic (exact) mass is 301 g/mol. The minimum Gasteiger partial charge on any atom is -0.399 e. The fourth-order valence-electron chi connectivity index (χ4n) is 2.95. The SMILES string of the molecule is Cc1nc(C)c(C(=O)NC2CCCc3cc(N)ccc32)s1. The number of benzene rings is 1. The Kier molecular flexibility index (Phi) is 3.68. The summed E-state index contributed by atoms with van der Waals surface area (Å²) in [5.74, 6) is -0.0206. The molecule has 0 saturated carbocycles. The van der Waals surface area contributed by atoms with Gasteiger partial charge in [-0.05, 0) is 56.4 Å². The van der Waals surface area contributed by atoms with E-state index in [0.717, 1.165) is 40.5 Å². The molecule has 1 aliphatic carbocycles. The van der Waals surface area contributed by atoms with Crippen LogP contribution in [-0.4, -0.2) is 10.9 Å². The molecule has 3 rings (SSSR count). The second-order valence-corrected chi connectivity index (χ2v) is 6.73. The Morgan fingerprint density at radius 1 is 1.43 bits per heavy atom. The number of amides is 1. The van der Waals surface area contributed by atoms with E-state index < -0.39 is 0 Å². The predicted molar refractivity (Wildman–Crippen MR) is 85.6 cm³/mol. The molecule has 1 aromatic carbocycles. The number of carbonyl (C=O) groups excluding carboxylic acids is 1. The molecule has 3 N–H and O–H groups in total. The number of nitrogens with one attached hydrogen (secondary N) is 1. The molecule has 0 saturated heterocycles. The molecule has 1 atom stereocenters. The number of aromatic nitrogens is 1. The number of nitrogens with two attached hydrogens (primary N) is 1. The Morgan fingerprint density at radius 3 is 2.95 bits per heavy atom. The number of nitrogen functional groups attached to an aromatic ring is 1. The molecule has 0 radical (unpaired) electrons. The van der Waals surface area contributed by atoms with Crippen LogP contribution in [0, 0.1) is 13.8 Å². The molecule has 0 spiro atoms. The standard InChI is InChI=1S/C16H19N3OS/c1-9-15(21-10(2)18-9)16(20)19-14-5-3-4-11-8-12(17)6-7-13(11)14/h6-8,14H,3-5,17H2,1-2H3,(H,19,20). The minimum absolute atomic E-state index is 0.0206. The molecule has 5 heteroatoms. The van der Waals surface area contributed by atoms with E-state index in [1.165, 1.54) is 22.5 Å². The van der Waals surface area contributed by atoms with Crippen molar-refractivity contribution in [3.8, 4) is 0 Å². The van der Waals surface area contributed by atoms with Crippen molar-refractivity contribution in [2.45, 2.75) is 39.2 Å². The van der Waals surface area contributed by atoms with Crippen molar-refractivity contribution in [3.63, 3.8) is 0 Å². The zero-order valence-corrected chi connectivity index (χ0v) is 13.1. The van der Waals surface area contributed by atoms with E-state index in [4.69, 9.17) is 5.73 Å². The Balaban J connectivity index is 1.83. The second-order valence-electron chi connectivity index (χ2n) is 5.52. The third-order valence-electron chi connectivity index (χ3n) is 3.90. The van der Waals surface area contributed by atoms with Gasteiger partial charge in [-0.15, -0.1) is 11.3 Å². The molecule has 110 valence electrons. The van der Waals surface area contributed by atoms with E-state index in [-0.39, 0.29) is 11.9 Å². The third kappa shape index (κ3) is 2.78. The molecule has 1 unspecified atom stereocenters. The molecule has 2 aromatic rings. The van der Waals surface area contributed by atoms with Gasteiger partial charge in [0, 0.05) is 5.69 Å². The molecule has 0 aliphatic heterocycles. The van der Waals surface area contributed by atoms with Crippen LogP contribution in [0.25, 0.3) is 0 Å². The van der Waals surface area contributed by atoms with Crippen LogP contribution in [-0.2, 0) is 6.42 Å². The van der Waals surface area contributed by atoms with E-state index in [9.17, 15) is 4.79 Å². The van der Waals surface area contributed by atoms with Crippen LogP contribution in [0.3, 0.4) is 0 Å². The van der Waals surface area contributed by atoms with Gasteiger partial charge in [0.1, 0.15) is 4.88 Å². The fourth-order valence-corrected chi connectivity index (χ4v) is 3.77. The molecule has 1 heterocycles. The zero-order chi connectivity index (χ0) is 15.0. The van der Waals surface area contributed by atoms with Crippen LogP contribution in [0.15, 0.2) is 18.2 Å². The first-order valence-electron chi connectivity index (χ1n) is 7.18. The lowest BCUT2D eigenvalue weighted by Gasteiger charge is -2.26. The topological polar surface area (TPSA) is 68.0 Å². The summed E-state index contributed by atoms with van der Waals surface area (Å²) in [6.07, 6.45) is 3.08. The first kappa shape index (κ1) is 14.1. The van der Waals surface area contributed by atoms with Crippen molar-refractivity contribution in [2.75, 3.05) is 5.73 Å². The molecule has 1 aromatic heterocycles. The van der Waals surface area contributed by atoms with E-state index >= 15 is 0 Å². The fraction of sp³-hybridized carbons (Fsp3) is 0.375. The number of hydrogen-bond donors (Lipinski definition) is 2. The van der Waals surface area contributed by atoms with E-state index in [2.05, 4.69) is 10.3 Å². The highest BCUT2D eigenvalue weighted by Crippen LogP contribution is 2.31. The van der Waals surface area contributed by atoms with Crippen molar-refractivity contribution in [1.29, 1.82) is 0 Å². The molecule has 0 bridgehead atoms. The summed E-state index contributed by atoms with van der Waals surface area (Å²) in [7, 11) is 0. The summed E-state index contributed by atoms with van der Waals surface area (Å²) in [5, 5.41) is 4.08. The van der Waals surface area contributed by atoms with Crippen LogP contribution in [0.5, 0.6) is 0 Å². The van der Waals surface area contributed by atoms with Gasteiger partial charge in [-0.25, -0.2) is 4.98 Å². The van der Waals surface area contributed by atoms with E-state index in [1.54, 1.807) is 0 Å². The van der Waals surface area contributed by atoms with Gasteiger partial charge < -0.3 is 11.1 Å². The first-order valence-corrected chi connectivity index (χ1v) is 7.99. The van der Waals surface area contributed by atoms with Gasteiger partial charge in [0.2, 0.25) is 0 Å². The lowest BCUT2D eigenvalue weighted by atomic mass is 9.87. The minimum atomic E-state index is -0.0206. The predicted octanol–water partition coefficient (Wildman–Crippen LogP) is 3.15. The smallest absolute Gasteiger partial charge is 0.263 e. The van der Waals surface area contributed by atoms with Gasteiger partial charge in [-0.3, -0.25) is 4.79 Å². The van der Waals surface area contributed by atoms with Gasteiger partial charge in [0.25, 0.3) is 5.91 Å². The second kappa shape index (κ2) is 5.48. The lowest BCUT2D eigenvalue weighted by molar-refractivity contribution is 0.0936. The summed E-state index contributed by atoms with van der Waals surface area (Å²) < 4.78 is 0. The van der Waals surface area contributed by atoms with E-state index in [0.29, 0.717) is 0 Å². The maximum absolute atomic E-state index is 12.5. The maximum atomic E-state index is 12.5. The van der Waals surface area contributed by atoms with Crippen molar-refractivity contribution in [1.82, 2.24) is 10.3 Å². The molecular formula is C16H19N3OS. The number of rotatable bonds is 2. The maximum Gasteiger partial charge on any atom is 0.263 e. The first-order chi connectivity index (χ1) is 10.0. The third-order valence-corrected chi connectivity index (χ3v) is 4.97. The van der Waals surface area contributed by atoms with Crippen molar-refractivity contribution in [3.05, 3.63) is 44.9 Å².